The summed E-state index contributed by atoms with van der Waals surface area (Å²) in [5.41, 5.74) is 1.95. The molecule has 2 aromatic rings. The van der Waals surface area contributed by atoms with Crippen molar-refractivity contribution in [2.45, 2.75) is 50.7 Å². The average Bonchev–Trinajstić information content (AvgIpc) is 2.93. The molecule has 0 saturated carbocycles. The second kappa shape index (κ2) is 7.10. The summed E-state index contributed by atoms with van der Waals surface area (Å²) in [6.07, 6.45) is 5.04. The molecule has 1 aromatic heterocycles. The molecule has 1 N–H and O–H groups in total. The minimum atomic E-state index is -0.359. The van der Waals surface area contributed by atoms with Crippen LogP contribution < -0.4 is 5.32 Å². The van der Waals surface area contributed by atoms with Crippen molar-refractivity contribution in [2.75, 3.05) is 0 Å². The highest BCUT2D eigenvalue weighted by Gasteiger charge is 2.43. The van der Waals surface area contributed by atoms with Gasteiger partial charge in [-0.3, -0.25) is 14.6 Å². The van der Waals surface area contributed by atoms with Crippen LogP contribution in [0.25, 0.3) is 0 Å². The number of amides is 2. The molecule has 4 rings (SSSR count). The highest BCUT2D eigenvalue weighted by Crippen LogP contribution is 2.36. The molecule has 1 aromatic carbocycles. The molecule has 2 atom stereocenters. The Balaban J connectivity index is 1.42. The fourth-order valence-electron chi connectivity index (χ4n) is 4.24. The van der Waals surface area contributed by atoms with E-state index in [1.54, 1.807) is 6.20 Å². The molecule has 2 saturated heterocycles. The van der Waals surface area contributed by atoms with Crippen molar-refractivity contribution in [1.82, 2.24) is 15.2 Å². The number of halogens is 1. The molecule has 0 radical (unpaired) electrons. The number of benzene rings is 1. The molecule has 2 unspecified atom stereocenters. The largest absolute Gasteiger partial charge is 0.349 e. The summed E-state index contributed by atoms with van der Waals surface area (Å²) >= 11 is 0. The molecule has 3 heterocycles. The number of carbonyl (C=O) groups is 2. The molecule has 6 heteroatoms. The molecule has 2 bridgehead atoms. The number of piperidine rings is 1. The lowest BCUT2D eigenvalue weighted by atomic mass is 9.96. The first-order valence-electron chi connectivity index (χ1n) is 9.33. The van der Waals surface area contributed by atoms with E-state index in [-0.39, 0.29) is 35.8 Å². The zero-order chi connectivity index (χ0) is 19.0. The van der Waals surface area contributed by atoms with Crippen molar-refractivity contribution in [3.05, 3.63) is 65.2 Å². The van der Waals surface area contributed by atoms with E-state index >= 15 is 0 Å². The Morgan fingerprint density at radius 3 is 2.26 bits per heavy atom. The van der Waals surface area contributed by atoms with Crippen LogP contribution in [0.5, 0.6) is 0 Å². The van der Waals surface area contributed by atoms with Crippen LogP contribution in [-0.4, -0.2) is 39.8 Å². The van der Waals surface area contributed by atoms with Crippen molar-refractivity contribution in [3.8, 4) is 0 Å². The van der Waals surface area contributed by atoms with Gasteiger partial charge < -0.3 is 10.2 Å². The Morgan fingerprint density at radius 2 is 1.67 bits per heavy atom. The Hall–Kier alpha value is -2.76. The van der Waals surface area contributed by atoms with Crippen LogP contribution in [0.3, 0.4) is 0 Å². The number of aromatic nitrogens is 1. The van der Waals surface area contributed by atoms with Crippen LogP contribution in [-0.2, 0) is 0 Å². The van der Waals surface area contributed by atoms with Crippen molar-refractivity contribution >= 4 is 11.8 Å². The minimum Gasteiger partial charge on any atom is -0.349 e. The van der Waals surface area contributed by atoms with E-state index in [9.17, 15) is 14.0 Å². The normalized spacial score (nSPS) is 23.9. The Morgan fingerprint density at radius 1 is 1.04 bits per heavy atom. The summed E-state index contributed by atoms with van der Waals surface area (Å²) in [5.74, 6) is -0.526. The predicted octanol–water partition coefficient (Wildman–Crippen LogP) is 3.09. The Bertz CT molecular complexity index is 837. The second-order valence-corrected chi connectivity index (χ2v) is 7.43. The number of carbonyl (C=O) groups excluding carboxylic acids is 2. The van der Waals surface area contributed by atoms with Crippen LogP contribution in [0, 0.1) is 12.7 Å². The maximum absolute atomic E-state index is 13.0. The molecular formula is C21H22FN3O2. The highest BCUT2D eigenvalue weighted by molar-refractivity contribution is 5.95. The van der Waals surface area contributed by atoms with Crippen LogP contribution in [0.15, 0.2) is 42.6 Å². The fraction of sp³-hybridized carbons (Fsp3) is 0.381. The third kappa shape index (κ3) is 3.56. The van der Waals surface area contributed by atoms with Crippen molar-refractivity contribution < 1.29 is 14.0 Å². The van der Waals surface area contributed by atoms with Crippen LogP contribution >= 0.6 is 0 Å². The monoisotopic (exact) mass is 367 g/mol. The third-order valence-electron chi connectivity index (χ3n) is 5.57. The highest BCUT2D eigenvalue weighted by atomic mass is 19.1. The van der Waals surface area contributed by atoms with Gasteiger partial charge in [-0.15, -0.1) is 0 Å². The van der Waals surface area contributed by atoms with Gasteiger partial charge in [-0.05, 0) is 69.0 Å². The summed E-state index contributed by atoms with van der Waals surface area (Å²) < 4.78 is 13.0. The molecule has 140 valence electrons. The summed E-state index contributed by atoms with van der Waals surface area (Å²) in [7, 11) is 0. The zero-order valence-electron chi connectivity index (χ0n) is 15.2. The van der Waals surface area contributed by atoms with E-state index < -0.39 is 0 Å². The zero-order valence-corrected chi connectivity index (χ0v) is 15.2. The molecule has 2 amide bonds. The first kappa shape index (κ1) is 17.6. The van der Waals surface area contributed by atoms with Gasteiger partial charge in [-0.1, -0.05) is 0 Å². The number of nitrogens with zero attached hydrogens (tertiary/aromatic N) is 2. The molecule has 5 nitrogen and oxygen atoms in total. The molecule has 2 aliphatic heterocycles. The van der Waals surface area contributed by atoms with Gasteiger partial charge in [0.15, 0.2) is 0 Å². The number of nitrogens with one attached hydrogen (secondary N) is 1. The van der Waals surface area contributed by atoms with Gasteiger partial charge in [0.2, 0.25) is 0 Å². The number of aryl methyl sites for hydroxylation is 1. The van der Waals surface area contributed by atoms with E-state index in [2.05, 4.69) is 10.3 Å². The number of hydrogen-bond donors (Lipinski definition) is 1. The van der Waals surface area contributed by atoms with Gasteiger partial charge in [0.25, 0.3) is 11.8 Å². The van der Waals surface area contributed by atoms with Gasteiger partial charge in [0.1, 0.15) is 5.82 Å². The summed E-state index contributed by atoms with van der Waals surface area (Å²) in [5, 5.41) is 3.05. The van der Waals surface area contributed by atoms with Crippen LogP contribution in [0.1, 0.15) is 52.1 Å². The SMILES string of the molecule is Cc1ccc(C(=O)N2C3CCC2CC(NC(=O)c2ccc(F)cc2)C3)cn1. The number of rotatable bonds is 3. The van der Waals surface area contributed by atoms with E-state index in [0.29, 0.717) is 11.1 Å². The van der Waals surface area contributed by atoms with Crippen molar-refractivity contribution in [2.24, 2.45) is 0 Å². The average molecular weight is 367 g/mol. The lowest BCUT2D eigenvalue weighted by Gasteiger charge is -2.39. The van der Waals surface area contributed by atoms with E-state index in [4.69, 9.17) is 0 Å². The molecule has 27 heavy (non-hydrogen) atoms. The van der Waals surface area contributed by atoms with Gasteiger partial charge in [-0.25, -0.2) is 4.39 Å². The quantitative estimate of drug-likeness (QED) is 0.907. The fourth-order valence-corrected chi connectivity index (χ4v) is 4.24. The van der Waals surface area contributed by atoms with E-state index in [0.717, 1.165) is 31.4 Å². The molecule has 2 fully saturated rings. The summed E-state index contributed by atoms with van der Waals surface area (Å²) in [6.45, 7) is 1.90. The molecule has 0 aliphatic carbocycles. The predicted molar refractivity (Wildman–Crippen MR) is 98.8 cm³/mol. The smallest absolute Gasteiger partial charge is 0.255 e. The standard InChI is InChI=1S/C21H22FN3O2/c1-13-2-3-15(12-23-13)21(27)25-18-8-9-19(25)11-17(10-18)24-20(26)14-4-6-16(22)7-5-14/h2-7,12,17-19H,8-11H2,1H3,(H,24,26). The van der Waals surface area contributed by atoms with Crippen LogP contribution in [0.2, 0.25) is 0 Å². The summed E-state index contributed by atoms with van der Waals surface area (Å²) in [4.78, 5) is 31.5. The summed E-state index contributed by atoms with van der Waals surface area (Å²) in [6, 6.07) is 9.53. The lowest BCUT2D eigenvalue weighted by Crippen LogP contribution is -2.52. The van der Waals surface area contributed by atoms with E-state index in [1.165, 1.54) is 24.3 Å². The topological polar surface area (TPSA) is 62.3 Å². The number of pyridine rings is 1. The molecular weight excluding hydrogens is 345 g/mol. The minimum absolute atomic E-state index is 0.0262. The lowest BCUT2D eigenvalue weighted by molar-refractivity contribution is 0.0549. The first-order chi connectivity index (χ1) is 13.0. The number of fused-ring (bicyclic) bond motifs is 2. The maximum Gasteiger partial charge on any atom is 0.255 e. The van der Waals surface area contributed by atoms with Crippen molar-refractivity contribution in [1.29, 1.82) is 0 Å². The van der Waals surface area contributed by atoms with Gasteiger partial charge in [0, 0.05) is 35.6 Å². The Labute approximate surface area is 157 Å². The Kier molecular flexibility index (Phi) is 4.64. The van der Waals surface area contributed by atoms with E-state index in [1.807, 2.05) is 24.0 Å². The van der Waals surface area contributed by atoms with Gasteiger partial charge >= 0.3 is 0 Å². The number of hydrogen-bond acceptors (Lipinski definition) is 3. The van der Waals surface area contributed by atoms with Gasteiger partial charge in [0.05, 0.1) is 5.56 Å². The molecule has 0 spiro atoms. The first-order valence-corrected chi connectivity index (χ1v) is 9.33. The molecule has 2 aliphatic rings. The second-order valence-electron chi connectivity index (χ2n) is 7.43. The third-order valence-corrected chi connectivity index (χ3v) is 5.57. The maximum atomic E-state index is 13.0. The van der Waals surface area contributed by atoms with Crippen LogP contribution in [0.4, 0.5) is 4.39 Å². The van der Waals surface area contributed by atoms with Crippen molar-refractivity contribution in [3.63, 3.8) is 0 Å². The van der Waals surface area contributed by atoms with Gasteiger partial charge in [-0.2, -0.15) is 0 Å².